The zero-order chi connectivity index (χ0) is 45.3. The Morgan fingerprint density at radius 3 is 0.578 bits per heavy atom. The third-order valence-corrected chi connectivity index (χ3v) is 13.9. The predicted octanol–water partition coefficient (Wildman–Crippen LogP) is 15.8. The number of hydrogen-bond acceptors (Lipinski definition) is 4. The number of benzene rings is 4. The normalized spacial score (nSPS) is 23.1. The summed E-state index contributed by atoms with van der Waals surface area (Å²) in [5, 5.41) is 0. The Labute approximate surface area is 384 Å². The van der Waals surface area contributed by atoms with Crippen LogP contribution in [0, 0.1) is 0 Å². The molecule has 0 saturated carbocycles. The molecule has 8 bridgehead atoms. The van der Waals surface area contributed by atoms with Crippen LogP contribution < -0.4 is 0 Å². The minimum Gasteiger partial charge on any atom is -0.256 e. The fraction of sp³-hybridized carbons (Fsp3) is 0.400. The Morgan fingerprint density at radius 2 is 0.422 bits per heavy atom. The molecular formula is C60H68N4. The van der Waals surface area contributed by atoms with Crippen LogP contribution in [0.25, 0.3) is 22.3 Å². The molecule has 0 atom stereocenters. The molecule has 4 heteroatoms. The van der Waals surface area contributed by atoms with Crippen LogP contribution in [0.2, 0.25) is 0 Å². The maximum atomic E-state index is 5.71. The molecule has 64 heavy (non-hydrogen) atoms. The quantitative estimate of drug-likeness (QED) is 0.196. The molecule has 328 valence electrons. The predicted molar refractivity (Wildman–Crippen MR) is 275 cm³/mol. The molecule has 0 radical (unpaired) electrons. The number of fused-ring (bicyclic) bond motifs is 4. The molecule has 5 aliphatic rings. The maximum Gasteiger partial charge on any atom is 0.0507 e. The number of allylic oxidation sites excluding steroid dienone is 8. The van der Waals surface area contributed by atoms with E-state index in [2.05, 4.69) is 180 Å². The molecule has 0 fully saturated rings. The lowest BCUT2D eigenvalue weighted by Crippen LogP contribution is -2.11. The smallest absolute Gasteiger partial charge is 0.0507 e. The monoisotopic (exact) mass is 845 g/mol. The van der Waals surface area contributed by atoms with Crippen molar-refractivity contribution < 1.29 is 0 Å². The molecule has 4 aromatic rings. The molecule has 4 nitrogen and oxygen atoms in total. The van der Waals surface area contributed by atoms with Crippen molar-refractivity contribution in [2.24, 2.45) is 20.0 Å². The molecule has 4 aromatic carbocycles. The highest BCUT2D eigenvalue weighted by molar-refractivity contribution is 6.33. The number of hydrogen-bond donors (Lipinski definition) is 0. The average molecular weight is 845 g/mol. The van der Waals surface area contributed by atoms with Gasteiger partial charge in [-0.15, -0.1) is 0 Å². The van der Waals surface area contributed by atoms with Gasteiger partial charge in [0, 0.05) is 22.3 Å². The van der Waals surface area contributed by atoms with E-state index in [1.807, 2.05) is 0 Å². The minimum atomic E-state index is 0.0586. The van der Waals surface area contributed by atoms with Crippen molar-refractivity contribution in [1.82, 2.24) is 0 Å². The standard InChI is InChI=1S/C60H68N4/c1-57(2,3)41-21-13-37(14-22-41)53-45-29-31-47(61-45)54(38-15-23-42(24-16-38)58(4,5)6)49-33-35-51(63-49)56(40-19-27-44(28-20-40)60(10,11)12)52-36-34-50(64-52)55(48-32-30-46(53)62-48)39-17-25-43(26-18-39)59(7,8)9/h13-28H,29-36H2,1-12H3/b53-45-,53-46?,54-47?,54-49-,55-48-,55-50?,56-51?,56-52-. The first-order valence-corrected chi connectivity index (χ1v) is 23.9. The van der Waals surface area contributed by atoms with Gasteiger partial charge in [0.15, 0.2) is 0 Å². The molecule has 5 heterocycles. The lowest BCUT2D eigenvalue weighted by Gasteiger charge is -2.20. The Bertz CT molecular complexity index is 2370. The first-order valence-electron chi connectivity index (χ1n) is 23.9. The number of nitrogens with zero attached hydrogens (tertiary/aromatic N) is 4. The SMILES string of the molecule is CC(C)(C)c1ccc(/C2=C3\CCC(=N3)/C(c3ccc(C(C)(C)C)cc3)=C3/CCC(=N3)/C(c3ccc(C(C)(C)C)cc3)=C3/CCC(=N3)/C(c3ccc(C(C)(C)C)cc3)=C3/CCC2=N3)cc1. The fourth-order valence-electron chi connectivity index (χ4n) is 10.0. The minimum absolute atomic E-state index is 0.0586. The highest BCUT2D eigenvalue weighted by atomic mass is 14.9. The lowest BCUT2D eigenvalue weighted by molar-refractivity contribution is 0.590. The van der Waals surface area contributed by atoms with Crippen LogP contribution in [0.3, 0.4) is 0 Å². The third-order valence-electron chi connectivity index (χ3n) is 13.9. The summed E-state index contributed by atoms with van der Waals surface area (Å²) in [4.78, 5) is 22.8. The van der Waals surface area contributed by atoms with E-state index in [9.17, 15) is 0 Å². The first-order chi connectivity index (χ1) is 30.2. The summed E-state index contributed by atoms with van der Waals surface area (Å²) in [6.07, 6.45) is 6.89. The Balaban J connectivity index is 1.32. The molecule has 0 unspecified atom stereocenters. The summed E-state index contributed by atoms with van der Waals surface area (Å²) in [5.41, 5.74) is 24.2. The van der Waals surface area contributed by atoms with Gasteiger partial charge in [0.2, 0.25) is 0 Å². The van der Waals surface area contributed by atoms with Crippen molar-refractivity contribution in [3.8, 4) is 0 Å². The summed E-state index contributed by atoms with van der Waals surface area (Å²) < 4.78 is 0. The highest BCUT2D eigenvalue weighted by Gasteiger charge is 2.33. The van der Waals surface area contributed by atoms with E-state index >= 15 is 0 Å². The van der Waals surface area contributed by atoms with Crippen LogP contribution in [-0.4, -0.2) is 22.8 Å². The molecule has 0 saturated heterocycles. The van der Waals surface area contributed by atoms with E-state index < -0.39 is 0 Å². The summed E-state index contributed by atoms with van der Waals surface area (Å²) in [5.74, 6) is 0. The maximum absolute atomic E-state index is 5.71. The van der Waals surface area contributed by atoms with Gasteiger partial charge < -0.3 is 0 Å². The van der Waals surface area contributed by atoms with Crippen molar-refractivity contribution in [3.63, 3.8) is 0 Å². The third kappa shape index (κ3) is 8.58. The number of aliphatic imine (C=N–C) groups is 4. The van der Waals surface area contributed by atoms with Gasteiger partial charge in [0.1, 0.15) is 0 Å². The van der Waals surface area contributed by atoms with Crippen LogP contribution in [0.4, 0.5) is 0 Å². The van der Waals surface area contributed by atoms with Gasteiger partial charge in [-0.1, -0.05) is 180 Å². The Hall–Kier alpha value is -5.48. The molecule has 9 rings (SSSR count). The zero-order valence-corrected chi connectivity index (χ0v) is 40.7. The molecule has 0 aromatic heterocycles. The Morgan fingerprint density at radius 1 is 0.250 bits per heavy atom. The van der Waals surface area contributed by atoms with E-state index in [1.165, 1.54) is 66.8 Å². The van der Waals surface area contributed by atoms with E-state index in [0.29, 0.717) is 0 Å². The molecule has 5 aliphatic heterocycles. The van der Waals surface area contributed by atoms with Crippen LogP contribution in [-0.2, 0) is 21.7 Å². The summed E-state index contributed by atoms with van der Waals surface area (Å²) in [6.45, 7) is 27.4. The second-order valence-corrected chi connectivity index (χ2v) is 22.8. The fourth-order valence-corrected chi connectivity index (χ4v) is 10.0. The second kappa shape index (κ2) is 16.2. The van der Waals surface area contributed by atoms with Crippen molar-refractivity contribution in [1.29, 1.82) is 0 Å². The summed E-state index contributed by atoms with van der Waals surface area (Å²) >= 11 is 0. The van der Waals surface area contributed by atoms with Gasteiger partial charge in [0.25, 0.3) is 0 Å². The number of rotatable bonds is 4. The highest BCUT2D eigenvalue weighted by Crippen LogP contribution is 2.44. The van der Waals surface area contributed by atoms with Gasteiger partial charge in [-0.2, -0.15) is 0 Å². The van der Waals surface area contributed by atoms with E-state index in [0.717, 1.165) is 97.0 Å². The molecule has 0 aliphatic carbocycles. The van der Waals surface area contributed by atoms with Crippen molar-refractivity contribution in [2.75, 3.05) is 0 Å². The van der Waals surface area contributed by atoms with Crippen molar-refractivity contribution in [3.05, 3.63) is 164 Å². The van der Waals surface area contributed by atoms with Gasteiger partial charge in [-0.05, 0) is 118 Å². The van der Waals surface area contributed by atoms with Gasteiger partial charge in [-0.3, -0.25) is 20.0 Å². The lowest BCUT2D eigenvalue weighted by atomic mass is 9.85. The van der Waals surface area contributed by atoms with Crippen LogP contribution in [0.5, 0.6) is 0 Å². The van der Waals surface area contributed by atoms with Crippen molar-refractivity contribution in [2.45, 2.75) is 156 Å². The largest absolute Gasteiger partial charge is 0.256 e. The zero-order valence-electron chi connectivity index (χ0n) is 40.7. The second-order valence-electron chi connectivity index (χ2n) is 22.8. The summed E-state index contributed by atoms with van der Waals surface area (Å²) in [6, 6.07) is 37.0. The molecular weight excluding hydrogens is 777 g/mol. The van der Waals surface area contributed by atoms with E-state index in [4.69, 9.17) is 20.0 Å². The van der Waals surface area contributed by atoms with Gasteiger partial charge in [-0.25, -0.2) is 0 Å². The van der Waals surface area contributed by atoms with Crippen LogP contribution in [0.15, 0.2) is 140 Å². The molecule has 0 amide bonds. The molecule has 0 spiro atoms. The van der Waals surface area contributed by atoms with Crippen LogP contribution >= 0.6 is 0 Å². The summed E-state index contributed by atoms with van der Waals surface area (Å²) in [7, 11) is 0. The first kappa shape index (κ1) is 43.8. The van der Waals surface area contributed by atoms with Gasteiger partial charge >= 0.3 is 0 Å². The average Bonchev–Trinajstić information content (AvgIpc) is 4.08. The van der Waals surface area contributed by atoms with E-state index in [1.54, 1.807) is 0 Å². The van der Waals surface area contributed by atoms with Gasteiger partial charge in [0.05, 0.1) is 45.6 Å². The molecule has 0 N–H and O–H groups in total. The van der Waals surface area contributed by atoms with Crippen molar-refractivity contribution >= 4 is 45.1 Å². The topological polar surface area (TPSA) is 49.4 Å². The van der Waals surface area contributed by atoms with Crippen LogP contribution in [0.1, 0.15) is 179 Å². The Kier molecular flexibility index (Phi) is 11.1. The van der Waals surface area contributed by atoms with E-state index in [-0.39, 0.29) is 21.7 Å².